The summed E-state index contributed by atoms with van der Waals surface area (Å²) in [6.45, 7) is 2.84. The van der Waals surface area contributed by atoms with Crippen LogP contribution in [0.3, 0.4) is 0 Å². The van der Waals surface area contributed by atoms with Gasteiger partial charge in [-0.25, -0.2) is 0 Å². The van der Waals surface area contributed by atoms with Gasteiger partial charge in [0.15, 0.2) is 11.6 Å². The van der Waals surface area contributed by atoms with Crippen molar-refractivity contribution in [2.45, 2.75) is 20.1 Å². The fourth-order valence-electron chi connectivity index (χ4n) is 3.04. The molecule has 32 heavy (non-hydrogen) atoms. The maximum atomic E-state index is 12.6. The molecule has 2 heterocycles. The summed E-state index contributed by atoms with van der Waals surface area (Å²) in [5, 5.41) is 7.23. The van der Waals surface area contributed by atoms with E-state index in [1.165, 1.54) is 5.56 Å². The van der Waals surface area contributed by atoms with Crippen molar-refractivity contribution in [3.05, 3.63) is 94.0 Å². The number of aromatic nitrogens is 2. The number of amides is 1. The van der Waals surface area contributed by atoms with Gasteiger partial charge in [0.1, 0.15) is 23.9 Å². The SMILES string of the molecule is COc1cccc(OCc2ccc(C(=O)Nc3nn(Cc4ccc(C)cc4)cc3Br)o2)c1. The molecule has 0 aliphatic heterocycles. The highest BCUT2D eigenvalue weighted by atomic mass is 79.9. The third kappa shape index (κ3) is 5.39. The van der Waals surface area contributed by atoms with Crippen LogP contribution < -0.4 is 14.8 Å². The molecule has 4 rings (SSSR count). The van der Waals surface area contributed by atoms with Crippen LogP contribution in [-0.2, 0) is 13.2 Å². The lowest BCUT2D eigenvalue weighted by Crippen LogP contribution is -2.12. The third-order valence-corrected chi connectivity index (χ3v) is 5.30. The Kier molecular flexibility index (Phi) is 6.61. The standard InChI is InChI=1S/C24H22BrN3O4/c1-16-6-8-17(9-7-16)13-28-14-21(25)23(27-28)26-24(29)22-11-10-20(32-22)15-31-19-5-3-4-18(12-19)30-2/h3-12,14H,13,15H2,1-2H3,(H,26,27,29). The number of rotatable bonds is 8. The molecule has 0 radical (unpaired) electrons. The number of ether oxygens (including phenoxy) is 2. The van der Waals surface area contributed by atoms with Crippen LogP contribution in [0.4, 0.5) is 5.82 Å². The topological polar surface area (TPSA) is 78.5 Å². The van der Waals surface area contributed by atoms with E-state index in [1.54, 1.807) is 30.0 Å². The molecule has 0 saturated heterocycles. The quantitative estimate of drug-likeness (QED) is 0.352. The van der Waals surface area contributed by atoms with Gasteiger partial charge in [0, 0.05) is 12.3 Å². The summed E-state index contributed by atoms with van der Waals surface area (Å²) in [5.41, 5.74) is 2.32. The number of methoxy groups -OCH3 is 1. The molecule has 1 amide bonds. The molecule has 0 atom stereocenters. The number of nitrogens with zero attached hydrogens (tertiary/aromatic N) is 2. The van der Waals surface area contributed by atoms with Crippen LogP contribution >= 0.6 is 15.9 Å². The molecule has 1 N–H and O–H groups in total. The zero-order chi connectivity index (χ0) is 22.5. The highest BCUT2D eigenvalue weighted by Gasteiger charge is 2.16. The van der Waals surface area contributed by atoms with Gasteiger partial charge < -0.3 is 19.2 Å². The summed E-state index contributed by atoms with van der Waals surface area (Å²) >= 11 is 3.45. The van der Waals surface area contributed by atoms with Gasteiger partial charge in [-0.05, 0) is 52.7 Å². The van der Waals surface area contributed by atoms with Crippen LogP contribution in [0.15, 0.2) is 75.8 Å². The minimum atomic E-state index is -0.390. The molecule has 0 bridgehead atoms. The van der Waals surface area contributed by atoms with Gasteiger partial charge in [0.05, 0.1) is 18.1 Å². The minimum Gasteiger partial charge on any atom is -0.497 e. The summed E-state index contributed by atoms with van der Waals surface area (Å²) in [4.78, 5) is 12.6. The third-order valence-electron chi connectivity index (χ3n) is 4.72. The average molecular weight is 496 g/mol. The molecule has 7 nitrogen and oxygen atoms in total. The Hall–Kier alpha value is -3.52. The molecule has 2 aromatic carbocycles. The lowest BCUT2D eigenvalue weighted by Gasteiger charge is -2.06. The molecule has 0 fully saturated rings. The first-order valence-corrected chi connectivity index (χ1v) is 10.7. The van der Waals surface area contributed by atoms with Gasteiger partial charge in [-0.3, -0.25) is 9.48 Å². The number of carbonyl (C=O) groups is 1. The Morgan fingerprint density at radius 3 is 2.69 bits per heavy atom. The van der Waals surface area contributed by atoms with Crippen LogP contribution in [0.2, 0.25) is 0 Å². The maximum absolute atomic E-state index is 12.6. The van der Waals surface area contributed by atoms with Crippen molar-refractivity contribution in [1.82, 2.24) is 9.78 Å². The van der Waals surface area contributed by atoms with Crippen LogP contribution in [0.1, 0.15) is 27.4 Å². The van der Waals surface area contributed by atoms with Crippen molar-refractivity contribution in [2.24, 2.45) is 0 Å². The van der Waals surface area contributed by atoms with E-state index in [-0.39, 0.29) is 18.3 Å². The number of carbonyl (C=O) groups excluding carboxylic acids is 1. The lowest BCUT2D eigenvalue weighted by atomic mass is 10.1. The van der Waals surface area contributed by atoms with Gasteiger partial charge in [0.2, 0.25) is 0 Å². The number of hydrogen-bond acceptors (Lipinski definition) is 5. The Bertz CT molecular complexity index is 1210. The average Bonchev–Trinajstić information content (AvgIpc) is 3.41. The summed E-state index contributed by atoms with van der Waals surface area (Å²) in [7, 11) is 1.60. The second-order valence-electron chi connectivity index (χ2n) is 7.20. The highest BCUT2D eigenvalue weighted by Crippen LogP contribution is 2.23. The fourth-order valence-corrected chi connectivity index (χ4v) is 3.45. The summed E-state index contributed by atoms with van der Waals surface area (Å²) in [6, 6.07) is 18.8. The number of halogens is 1. The maximum Gasteiger partial charge on any atom is 0.292 e. The minimum absolute atomic E-state index is 0.175. The Morgan fingerprint density at radius 1 is 1.12 bits per heavy atom. The number of nitrogens with one attached hydrogen (secondary N) is 1. The molecule has 164 valence electrons. The zero-order valence-corrected chi connectivity index (χ0v) is 19.3. The summed E-state index contributed by atoms with van der Waals surface area (Å²) < 4.78 is 19.0. The van der Waals surface area contributed by atoms with Crippen LogP contribution in [0, 0.1) is 6.92 Å². The highest BCUT2D eigenvalue weighted by molar-refractivity contribution is 9.10. The normalized spacial score (nSPS) is 10.7. The fraction of sp³-hybridized carbons (Fsp3) is 0.167. The van der Waals surface area contributed by atoms with Crippen LogP contribution in [0.25, 0.3) is 0 Å². The first kappa shape index (κ1) is 21.7. The number of furan rings is 1. The van der Waals surface area contributed by atoms with Crippen molar-refractivity contribution in [3.63, 3.8) is 0 Å². The summed E-state index contributed by atoms with van der Waals surface area (Å²) in [6.07, 6.45) is 1.82. The number of benzene rings is 2. The van der Waals surface area contributed by atoms with E-state index in [4.69, 9.17) is 13.9 Å². The van der Waals surface area contributed by atoms with E-state index in [0.29, 0.717) is 34.1 Å². The van der Waals surface area contributed by atoms with Gasteiger partial charge in [-0.1, -0.05) is 35.9 Å². The zero-order valence-electron chi connectivity index (χ0n) is 17.7. The van der Waals surface area contributed by atoms with Gasteiger partial charge in [0.25, 0.3) is 5.91 Å². The number of anilines is 1. The largest absolute Gasteiger partial charge is 0.497 e. The molecular formula is C24H22BrN3O4. The molecule has 0 aliphatic rings. The van der Waals surface area contributed by atoms with Gasteiger partial charge in [-0.2, -0.15) is 5.10 Å². The van der Waals surface area contributed by atoms with E-state index in [1.807, 2.05) is 31.3 Å². The molecule has 4 aromatic rings. The molecule has 8 heteroatoms. The second-order valence-corrected chi connectivity index (χ2v) is 8.05. The molecular weight excluding hydrogens is 474 g/mol. The smallest absolute Gasteiger partial charge is 0.292 e. The van der Waals surface area contributed by atoms with Crippen molar-refractivity contribution in [2.75, 3.05) is 12.4 Å². The number of aryl methyl sites for hydroxylation is 1. The van der Waals surface area contributed by atoms with Gasteiger partial charge in [-0.15, -0.1) is 0 Å². The Morgan fingerprint density at radius 2 is 1.91 bits per heavy atom. The van der Waals surface area contributed by atoms with E-state index in [2.05, 4.69) is 50.6 Å². The van der Waals surface area contributed by atoms with Gasteiger partial charge >= 0.3 is 0 Å². The first-order chi connectivity index (χ1) is 15.5. The first-order valence-electron chi connectivity index (χ1n) is 9.95. The monoisotopic (exact) mass is 495 g/mol. The van der Waals surface area contributed by atoms with Crippen molar-refractivity contribution >= 4 is 27.7 Å². The second kappa shape index (κ2) is 9.74. The number of hydrogen-bond donors (Lipinski definition) is 1. The summed E-state index contributed by atoms with van der Waals surface area (Å²) in [5.74, 6) is 2.09. The van der Waals surface area contributed by atoms with E-state index >= 15 is 0 Å². The van der Waals surface area contributed by atoms with E-state index in [0.717, 1.165) is 5.56 Å². The van der Waals surface area contributed by atoms with Crippen LogP contribution in [-0.4, -0.2) is 22.8 Å². The predicted octanol–water partition coefficient (Wildman–Crippen LogP) is 5.44. The predicted molar refractivity (Wildman–Crippen MR) is 124 cm³/mol. The van der Waals surface area contributed by atoms with E-state index < -0.39 is 0 Å². The Balaban J connectivity index is 1.36. The van der Waals surface area contributed by atoms with Crippen molar-refractivity contribution in [3.8, 4) is 11.5 Å². The molecule has 0 unspecified atom stereocenters. The molecule has 0 spiro atoms. The van der Waals surface area contributed by atoms with Crippen molar-refractivity contribution in [1.29, 1.82) is 0 Å². The van der Waals surface area contributed by atoms with E-state index in [9.17, 15) is 4.79 Å². The van der Waals surface area contributed by atoms with Crippen molar-refractivity contribution < 1.29 is 18.7 Å². The molecule has 0 aliphatic carbocycles. The van der Waals surface area contributed by atoms with Crippen LogP contribution in [0.5, 0.6) is 11.5 Å². The Labute approximate surface area is 194 Å². The molecule has 2 aromatic heterocycles. The lowest BCUT2D eigenvalue weighted by molar-refractivity contribution is 0.0992. The molecule has 0 saturated carbocycles.